The zero-order valence-electron chi connectivity index (χ0n) is 22.5. The zero-order chi connectivity index (χ0) is 27.8. The summed E-state index contributed by atoms with van der Waals surface area (Å²) in [5.74, 6) is 0.279. The maximum Gasteiger partial charge on any atom is 0.268 e. The number of rotatable bonds is 6. The number of fused-ring (bicyclic) bond motifs is 1. The first-order valence-corrected chi connectivity index (χ1v) is 14.4. The molecule has 7 nitrogen and oxygen atoms in total. The first-order valence-electron chi connectivity index (χ1n) is 13.5. The molecule has 0 atom stereocenters. The molecule has 1 fully saturated rings. The van der Waals surface area contributed by atoms with Crippen molar-refractivity contribution in [1.29, 1.82) is 0 Å². The molecule has 6 rings (SSSR count). The molecule has 0 N–H and O–H groups in total. The summed E-state index contributed by atoms with van der Waals surface area (Å²) in [6, 6.07) is 18.4. The molecular formula is C31H30FN5O2S. The Morgan fingerprint density at radius 1 is 1.05 bits per heavy atom. The summed E-state index contributed by atoms with van der Waals surface area (Å²) in [4.78, 5) is 34.3. The summed E-state index contributed by atoms with van der Waals surface area (Å²) in [6.07, 6.45) is 3.14. The van der Waals surface area contributed by atoms with Crippen LogP contribution in [0.15, 0.2) is 70.8 Å². The zero-order valence-corrected chi connectivity index (χ0v) is 23.3. The van der Waals surface area contributed by atoms with Crippen molar-refractivity contribution in [1.82, 2.24) is 24.1 Å². The maximum absolute atomic E-state index is 13.8. The summed E-state index contributed by atoms with van der Waals surface area (Å²) in [6.45, 7) is 5.15. The second-order valence-corrected chi connectivity index (χ2v) is 11.3. The van der Waals surface area contributed by atoms with Gasteiger partial charge in [0.1, 0.15) is 11.5 Å². The molecule has 1 aliphatic rings. The number of hydrogen-bond acceptors (Lipinski definition) is 5. The second-order valence-electron chi connectivity index (χ2n) is 10.5. The van der Waals surface area contributed by atoms with E-state index in [1.54, 1.807) is 28.1 Å². The van der Waals surface area contributed by atoms with Crippen molar-refractivity contribution >= 4 is 22.2 Å². The van der Waals surface area contributed by atoms with E-state index in [9.17, 15) is 14.0 Å². The number of likely N-dealkylation sites (tertiary alicyclic amines) is 1. The van der Waals surface area contributed by atoms with Crippen LogP contribution in [0.4, 0.5) is 4.39 Å². The largest absolute Gasteiger partial charge is 0.342 e. The number of hydrogen-bond donors (Lipinski definition) is 0. The normalized spacial score (nSPS) is 14.2. The Morgan fingerprint density at radius 2 is 1.77 bits per heavy atom. The van der Waals surface area contributed by atoms with Crippen molar-refractivity contribution in [3.05, 3.63) is 105 Å². The highest BCUT2D eigenvalue weighted by atomic mass is 32.1. The fraction of sp³-hybridized carbons (Fsp3) is 0.290. The number of nitrogens with zero attached hydrogens (tertiary/aromatic N) is 5. The van der Waals surface area contributed by atoms with E-state index >= 15 is 0 Å². The summed E-state index contributed by atoms with van der Waals surface area (Å²) in [5.41, 5.74) is 4.72. The van der Waals surface area contributed by atoms with E-state index in [1.165, 1.54) is 29.0 Å². The third kappa shape index (κ3) is 5.09. The van der Waals surface area contributed by atoms with Gasteiger partial charge in [-0.25, -0.2) is 14.1 Å². The fourth-order valence-corrected chi connectivity index (χ4v) is 6.49. The van der Waals surface area contributed by atoms with Crippen LogP contribution < -0.4 is 5.56 Å². The van der Waals surface area contributed by atoms with Gasteiger partial charge in [-0.15, -0.1) is 11.3 Å². The van der Waals surface area contributed by atoms with Gasteiger partial charge in [0.15, 0.2) is 4.96 Å². The number of thiazole rings is 1. The van der Waals surface area contributed by atoms with Crippen LogP contribution in [-0.2, 0) is 17.6 Å². The van der Waals surface area contributed by atoms with Gasteiger partial charge < -0.3 is 4.90 Å². The highest BCUT2D eigenvalue weighted by Crippen LogP contribution is 2.25. The van der Waals surface area contributed by atoms with E-state index in [0.717, 1.165) is 38.0 Å². The summed E-state index contributed by atoms with van der Waals surface area (Å²) >= 11 is 1.36. The van der Waals surface area contributed by atoms with Crippen LogP contribution in [0, 0.1) is 25.6 Å². The summed E-state index contributed by atoms with van der Waals surface area (Å²) < 4.78 is 16.7. The Hall–Kier alpha value is -4.11. The highest BCUT2D eigenvalue weighted by Gasteiger charge is 2.25. The molecule has 1 aliphatic heterocycles. The first-order chi connectivity index (χ1) is 19.4. The number of aromatic nitrogens is 4. The van der Waals surface area contributed by atoms with Crippen molar-refractivity contribution in [3.8, 4) is 16.9 Å². The Balaban J connectivity index is 1.22. The molecule has 0 radical (unpaired) electrons. The van der Waals surface area contributed by atoms with Crippen molar-refractivity contribution in [2.45, 2.75) is 39.5 Å². The molecule has 5 aromatic rings. The van der Waals surface area contributed by atoms with Gasteiger partial charge in [0.2, 0.25) is 5.91 Å². The molecule has 3 aromatic heterocycles. The van der Waals surface area contributed by atoms with Crippen LogP contribution in [0.3, 0.4) is 0 Å². The van der Waals surface area contributed by atoms with E-state index < -0.39 is 0 Å². The fourth-order valence-electron chi connectivity index (χ4n) is 5.57. The van der Waals surface area contributed by atoms with Crippen molar-refractivity contribution in [3.63, 3.8) is 0 Å². The molecule has 4 heterocycles. The standard InChI is InChI=1S/C31H30FN5O2S/c1-20-16-27(34-37(20)25-10-8-24(32)9-11-25)29-21(2)33-31-36(30(29)39)26(19-40-31)18-28(38)35-14-12-23(13-15-35)17-22-6-4-3-5-7-22/h3-11,16,19,23H,12-15,17-18H2,1-2H3. The lowest BCUT2D eigenvalue weighted by atomic mass is 9.90. The van der Waals surface area contributed by atoms with Crippen LogP contribution in [-0.4, -0.2) is 43.1 Å². The third-order valence-electron chi connectivity index (χ3n) is 7.70. The van der Waals surface area contributed by atoms with Gasteiger partial charge in [0.05, 0.1) is 23.4 Å². The number of piperidine rings is 1. The number of carbonyl (C=O) groups is 1. The molecule has 0 spiro atoms. The van der Waals surface area contributed by atoms with Gasteiger partial charge in [-0.2, -0.15) is 5.10 Å². The van der Waals surface area contributed by atoms with E-state index in [2.05, 4.69) is 34.3 Å². The van der Waals surface area contributed by atoms with Crippen LogP contribution in [0.25, 0.3) is 21.9 Å². The average Bonchev–Trinajstić information content (AvgIpc) is 3.53. The topological polar surface area (TPSA) is 72.5 Å². The lowest BCUT2D eigenvalue weighted by molar-refractivity contribution is -0.131. The predicted octanol–water partition coefficient (Wildman–Crippen LogP) is 5.39. The highest BCUT2D eigenvalue weighted by molar-refractivity contribution is 7.15. The smallest absolute Gasteiger partial charge is 0.268 e. The van der Waals surface area contributed by atoms with Gasteiger partial charge in [0, 0.05) is 29.9 Å². The molecule has 0 unspecified atom stereocenters. The molecule has 40 heavy (non-hydrogen) atoms. The second kappa shape index (κ2) is 10.8. The van der Waals surface area contributed by atoms with E-state index in [0.29, 0.717) is 39.2 Å². The minimum Gasteiger partial charge on any atom is -0.342 e. The van der Waals surface area contributed by atoms with Crippen molar-refractivity contribution < 1.29 is 9.18 Å². The first kappa shape index (κ1) is 26.1. The quantitative estimate of drug-likeness (QED) is 0.282. The van der Waals surface area contributed by atoms with Crippen LogP contribution in [0.1, 0.15) is 35.5 Å². The SMILES string of the molecule is Cc1nc2scc(CC(=O)N3CCC(Cc4ccccc4)CC3)n2c(=O)c1-c1cc(C)n(-c2ccc(F)cc2)n1. The molecule has 0 aliphatic carbocycles. The third-order valence-corrected chi connectivity index (χ3v) is 8.58. The number of aryl methyl sites for hydroxylation is 2. The van der Waals surface area contributed by atoms with Gasteiger partial charge >= 0.3 is 0 Å². The lowest BCUT2D eigenvalue weighted by Gasteiger charge is -2.32. The Bertz CT molecular complexity index is 1730. The minimum atomic E-state index is -0.325. The molecular weight excluding hydrogens is 525 g/mol. The van der Waals surface area contributed by atoms with Gasteiger partial charge in [-0.1, -0.05) is 30.3 Å². The van der Waals surface area contributed by atoms with E-state index in [4.69, 9.17) is 0 Å². The van der Waals surface area contributed by atoms with Gasteiger partial charge in [-0.05, 0) is 74.9 Å². The predicted molar refractivity (Wildman–Crippen MR) is 154 cm³/mol. The number of halogens is 1. The summed E-state index contributed by atoms with van der Waals surface area (Å²) in [7, 11) is 0. The Kier molecular flexibility index (Phi) is 7.06. The van der Waals surface area contributed by atoms with Crippen molar-refractivity contribution in [2.24, 2.45) is 5.92 Å². The van der Waals surface area contributed by atoms with E-state index in [1.807, 2.05) is 29.3 Å². The number of amides is 1. The van der Waals surface area contributed by atoms with Crippen molar-refractivity contribution in [2.75, 3.05) is 13.1 Å². The molecule has 1 amide bonds. The minimum absolute atomic E-state index is 0.0309. The molecule has 9 heteroatoms. The molecule has 204 valence electrons. The Labute approximate surface area is 235 Å². The average molecular weight is 556 g/mol. The molecule has 0 saturated carbocycles. The maximum atomic E-state index is 13.8. The number of carbonyl (C=O) groups excluding carboxylic acids is 1. The number of benzene rings is 2. The van der Waals surface area contributed by atoms with Crippen LogP contribution in [0.5, 0.6) is 0 Å². The van der Waals surface area contributed by atoms with Crippen LogP contribution in [0.2, 0.25) is 0 Å². The van der Waals surface area contributed by atoms with E-state index in [-0.39, 0.29) is 23.7 Å². The van der Waals surface area contributed by atoms with Gasteiger partial charge in [0.25, 0.3) is 5.56 Å². The summed E-state index contributed by atoms with van der Waals surface area (Å²) in [5, 5.41) is 6.52. The molecule has 0 bridgehead atoms. The Morgan fingerprint density at radius 3 is 2.50 bits per heavy atom. The van der Waals surface area contributed by atoms with Gasteiger partial charge in [-0.3, -0.25) is 14.0 Å². The monoisotopic (exact) mass is 555 g/mol. The molecule has 2 aromatic carbocycles. The van der Waals surface area contributed by atoms with Crippen LogP contribution >= 0.6 is 11.3 Å². The lowest BCUT2D eigenvalue weighted by Crippen LogP contribution is -2.40. The molecule has 1 saturated heterocycles.